The van der Waals surface area contributed by atoms with Gasteiger partial charge >= 0.3 is 10.1 Å². The Labute approximate surface area is 106 Å². The molecule has 0 heterocycles. The fourth-order valence-electron chi connectivity index (χ4n) is 1.44. The Hall–Kier alpha value is -2.01. The summed E-state index contributed by atoms with van der Waals surface area (Å²) in [5.74, 6) is 0.542. The highest BCUT2D eigenvalue weighted by Crippen LogP contribution is 2.28. The van der Waals surface area contributed by atoms with Gasteiger partial charge in [0.25, 0.3) is 0 Å². The second kappa shape index (κ2) is 5.10. The van der Waals surface area contributed by atoms with E-state index in [1.165, 1.54) is 19.2 Å². The molecule has 2 rings (SSSR count). The average molecular weight is 264 g/mol. The number of ether oxygens (including phenoxy) is 1. The van der Waals surface area contributed by atoms with Crippen molar-refractivity contribution in [2.24, 2.45) is 0 Å². The molecule has 0 radical (unpaired) electrons. The molecule has 4 nitrogen and oxygen atoms in total. The first kappa shape index (κ1) is 12.4. The molecule has 2 aromatic carbocycles. The molecule has 18 heavy (non-hydrogen) atoms. The predicted molar refractivity (Wildman–Crippen MR) is 67.2 cm³/mol. The van der Waals surface area contributed by atoms with E-state index in [1.807, 2.05) is 0 Å². The number of methoxy groups -OCH3 is 1. The molecule has 0 unspecified atom stereocenters. The Bertz CT molecular complexity index is 620. The number of hydrogen-bond donors (Lipinski definition) is 0. The molecule has 0 amide bonds. The SMILES string of the molecule is COc1ccccc1OS(=O)(=O)c1ccccc1. The van der Waals surface area contributed by atoms with Crippen LogP contribution in [-0.2, 0) is 10.1 Å². The number of para-hydroxylation sites is 2. The minimum Gasteiger partial charge on any atom is -0.493 e. The summed E-state index contributed by atoms with van der Waals surface area (Å²) >= 11 is 0. The molecule has 94 valence electrons. The standard InChI is InChI=1S/C13H12O4S/c1-16-12-9-5-6-10-13(12)17-18(14,15)11-7-3-2-4-8-11/h2-10H,1H3. The third-order valence-electron chi connectivity index (χ3n) is 2.30. The van der Waals surface area contributed by atoms with E-state index in [9.17, 15) is 8.42 Å². The number of benzene rings is 2. The van der Waals surface area contributed by atoms with Gasteiger partial charge in [0.15, 0.2) is 11.5 Å². The van der Waals surface area contributed by atoms with Gasteiger partial charge in [0, 0.05) is 0 Å². The molecule has 2 aromatic rings. The van der Waals surface area contributed by atoms with Gasteiger partial charge in [-0.2, -0.15) is 8.42 Å². The Kier molecular flexibility index (Phi) is 3.53. The summed E-state index contributed by atoms with van der Waals surface area (Å²) in [5.41, 5.74) is 0. The van der Waals surface area contributed by atoms with Crippen LogP contribution in [0.5, 0.6) is 11.5 Å². The maximum absolute atomic E-state index is 12.0. The molecule has 5 heteroatoms. The van der Waals surface area contributed by atoms with Crippen LogP contribution in [0.15, 0.2) is 59.5 Å². The van der Waals surface area contributed by atoms with Gasteiger partial charge in [-0.3, -0.25) is 0 Å². The summed E-state index contributed by atoms with van der Waals surface area (Å²) in [4.78, 5) is 0.107. The zero-order valence-electron chi connectivity index (χ0n) is 9.74. The van der Waals surface area contributed by atoms with Crippen molar-refractivity contribution < 1.29 is 17.3 Å². The summed E-state index contributed by atoms with van der Waals surface area (Å²) in [6.45, 7) is 0. The van der Waals surface area contributed by atoms with Crippen molar-refractivity contribution in [3.05, 3.63) is 54.6 Å². The van der Waals surface area contributed by atoms with Crippen LogP contribution in [0.25, 0.3) is 0 Å². The van der Waals surface area contributed by atoms with Gasteiger partial charge in [0.1, 0.15) is 4.90 Å². The zero-order valence-corrected chi connectivity index (χ0v) is 10.6. The van der Waals surface area contributed by atoms with Gasteiger partial charge in [-0.15, -0.1) is 0 Å². The van der Waals surface area contributed by atoms with Crippen LogP contribution in [0.4, 0.5) is 0 Å². The van der Waals surface area contributed by atoms with Crippen LogP contribution in [0, 0.1) is 0 Å². The van der Waals surface area contributed by atoms with Gasteiger partial charge in [-0.25, -0.2) is 0 Å². The van der Waals surface area contributed by atoms with Crippen LogP contribution >= 0.6 is 0 Å². The molecule has 0 bridgehead atoms. The molecule has 0 N–H and O–H groups in total. The average Bonchev–Trinajstić information content (AvgIpc) is 2.40. The first-order valence-corrected chi connectivity index (χ1v) is 6.67. The first-order chi connectivity index (χ1) is 8.63. The molecule has 0 fully saturated rings. The van der Waals surface area contributed by atoms with Gasteiger partial charge in [-0.05, 0) is 24.3 Å². The molecule has 0 spiro atoms. The van der Waals surface area contributed by atoms with E-state index in [2.05, 4.69) is 0 Å². The van der Waals surface area contributed by atoms with Gasteiger partial charge in [0.2, 0.25) is 0 Å². The normalized spacial score (nSPS) is 10.9. The molecule has 0 aliphatic rings. The van der Waals surface area contributed by atoms with Crippen molar-refractivity contribution in [2.75, 3.05) is 7.11 Å². The van der Waals surface area contributed by atoms with Crippen molar-refractivity contribution in [1.29, 1.82) is 0 Å². The summed E-state index contributed by atoms with van der Waals surface area (Å²) in [6.07, 6.45) is 0. The van der Waals surface area contributed by atoms with Crippen molar-refractivity contribution >= 4 is 10.1 Å². The number of rotatable bonds is 4. The lowest BCUT2D eigenvalue weighted by Gasteiger charge is -2.10. The van der Waals surface area contributed by atoms with E-state index in [4.69, 9.17) is 8.92 Å². The summed E-state index contributed by atoms with van der Waals surface area (Å²) in [6, 6.07) is 14.6. The monoisotopic (exact) mass is 264 g/mol. The van der Waals surface area contributed by atoms with Crippen LogP contribution in [0.1, 0.15) is 0 Å². The van der Waals surface area contributed by atoms with E-state index in [0.717, 1.165) is 0 Å². The van der Waals surface area contributed by atoms with Crippen LogP contribution in [0.2, 0.25) is 0 Å². The summed E-state index contributed by atoms with van der Waals surface area (Å²) < 4.78 is 34.1. The highest BCUT2D eigenvalue weighted by atomic mass is 32.2. The van der Waals surface area contributed by atoms with Crippen molar-refractivity contribution in [2.45, 2.75) is 4.90 Å². The van der Waals surface area contributed by atoms with Gasteiger partial charge < -0.3 is 8.92 Å². The molecule has 0 atom stereocenters. The van der Waals surface area contributed by atoms with Crippen LogP contribution in [0.3, 0.4) is 0 Å². The van der Waals surface area contributed by atoms with Crippen molar-refractivity contribution in [3.8, 4) is 11.5 Å². The smallest absolute Gasteiger partial charge is 0.339 e. The Morgan fingerprint density at radius 2 is 1.39 bits per heavy atom. The largest absolute Gasteiger partial charge is 0.493 e. The molecule has 0 saturated heterocycles. The maximum atomic E-state index is 12.0. The first-order valence-electron chi connectivity index (χ1n) is 5.26. The van der Waals surface area contributed by atoms with Crippen LogP contribution < -0.4 is 8.92 Å². The van der Waals surface area contributed by atoms with Gasteiger partial charge in [0.05, 0.1) is 7.11 Å². The summed E-state index contributed by atoms with van der Waals surface area (Å²) in [7, 11) is -2.37. The molecule has 0 aromatic heterocycles. The van der Waals surface area contributed by atoms with E-state index in [-0.39, 0.29) is 10.6 Å². The highest BCUT2D eigenvalue weighted by molar-refractivity contribution is 7.87. The molecular formula is C13H12O4S. The molecule has 0 aliphatic heterocycles. The second-order valence-corrected chi connectivity index (χ2v) is 5.05. The Morgan fingerprint density at radius 1 is 0.833 bits per heavy atom. The summed E-state index contributed by atoms with van der Waals surface area (Å²) in [5, 5.41) is 0. The van der Waals surface area contributed by atoms with Crippen molar-refractivity contribution in [3.63, 3.8) is 0 Å². The van der Waals surface area contributed by atoms with E-state index in [1.54, 1.807) is 42.5 Å². The van der Waals surface area contributed by atoms with Crippen LogP contribution in [-0.4, -0.2) is 15.5 Å². The second-order valence-electron chi connectivity index (χ2n) is 3.50. The van der Waals surface area contributed by atoms with Gasteiger partial charge in [-0.1, -0.05) is 30.3 Å². The lowest BCUT2D eigenvalue weighted by Crippen LogP contribution is -2.10. The van der Waals surface area contributed by atoms with Crippen molar-refractivity contribution in [1.82, 2.24) is 0 Å². The quantitative estimate of drug-likeness (QED) is 0.796. The van der Waals surface area contributed by atoms with E-state index in [0.29, 0.717) is 5.75 Å². The highest BCUT2D eigenvalue weighted by Gasteiger charge is 2.17. The van der Waals surface area contributed by atoms with E-state index >= 15 is 0 Å². The minimum atomic E-state index is -3.83. The third kappa shape index (κ3) is 2.62. The Morgan fingerprint density at radius 3 is 2.00 bits per heavy atom. The topological polar surface area (TPSA) is 52.6 Å². The molecular weight excluding hydrogens is 252 g/mol. The lowest BCUT2D eigenvalue weighted by atomic mass is 10.3. The zero-order chi connectivity index (χ0) is 13.0. The fourth-order valence-corrected chi connectivity index (χ4v) is 2.40. The third-order valence-corrected chi connectivity index (χ3v) is 3.55. The van der Waals surface area contributed by atoms with E-state index < -0.39 is 10.1 Å². The lowest BCUT2D eigenvalue weighted by molar-refractivity contribution is 0.390. The number of hydrogen-bond acceptors (Lipinski definition) is 4. The predicted octanol–water partition coefficient (Wildman–Crippen LogP) is 2.46. The molecule has 0 aliphatic carbocycles. The molecule has 0 saturated carbocycles. The Balaban J connectivity index is 2.34. The minimum absolute atomic E-state index is 0.107. The maximum Gasteiger partial charge on any atom is 0.339 e. The fraction of sp³-hybridized carbons (Fsp3) is 0.0769.